The fourth-order valence-corrected chi connectivity index (χ4v) is 7.22. The van der Waals surface area contributed by atoms with Crippen LogP contribution in [0.5, 0.6) is 0 Å². The van der Waals surface area contributed by atoms with Gasteiger partial charge in [0.05, 0.1) is 0 Å². The van der Waals surface area contributed by atoms with E-state index in [1.807, 2.05) is 30.3 Å². The Kier molecular flexibility index (Phi) is 7.92. The molecule has 0 saturated heterocycles. The Morgan fingerprint density at radius 3 is 1.84 bits per heavy atom. The Labute approximate surface area is 225 Å². The minimum Gasteiger partial charge on any atom is -0.478 e. The maximum absolute atomic E-state index is 12.3. The summed E-state index contributed by atoms with van der Waals surface area (Å²) in [5, 5.41) is 13.9. The molecule has 38 heavy (non-hydrogen) atoms. The van der Waals surface area contributed by atoms with Crippen LogP contribution in [0.4, 0.5) is 0 Å². The summed E-state index contributed by atoms with van der Waals surface area (Å²) >= 11 is 0. The molecule has 0 aromatic heterocycles. The molecule has 0 amide bonds. The number of aliphatic carboxylic acids is 1. The molecule has 0 radical (unpaired) electrons. The van der Waals surface area contributed by atoms with Crippen LogP contribution in [0.25, 0.3) is 17.2 Å². The standard InChI is InChI=1S/C35H29O2P/c1-26-21-22-32(28(23-26)25-29(35(36)37)24-27-13-5-2-6-14-27)33-19-11-12-20-34(33)38(30-15-7-3-8-16-30)31-17-9-4-10-18-31/h2-24H,25H2,1H3,(H,36,37)/b29-24+. The second-order valence-corrected chi connectivity index (χ2v) is 11.4. The molecule has 0 heterocycles. The molecule has 0 aliphatic carbocycles. The second-order valence-electron chi connectivity index (χ2n) is 9.25. The van der Waals surface area contributed by atoms with Crippen LogP contribution in [-0.2, 0) is 11.2 Å². The molecule has 186 valence electrons. The summed E-state index contributed by atoms with van der Waals surface area (Å²) in [4.78, 5) is 12.3. The van der Waals surface area contributed by atoms with Crippen LogP contribution < -0.4 is 15.9 Å². The maximum Gasteiger partial charge on any atom is 0.331 e. The number of benzene rings is 5. The lowest BCUT2D eigenvalue weighted by Gasteiger charge is -2.23. The molecule has 3 heteroatoms. The molecule has 0 atom stereocenters. The predicted octanol–water partition coefficient (Wildman–Crippen LogP) is 7.13. The quantitative estimate of drug-likeness (QED) is 0.177. The third-order valence-electron chi connectivity index (χ3n) is 6.52. The zero-order chi connectivity index (χ0) is 26.3. The van der Waals surface area contributed by atoms with Crippen molar-refractivity contribution >= 4 is 35.9 Å². The van der Waals surface area contributed by atoms with Gasteiger partial charge in [-0.1, -0.05) is 139 Å². The zero-order valence-electron chi connectivity index (χ0n) is 21.3. The van der Waals surface area contributed by atoms with E-state index in [2.05, 4.69) is 110 Å². The van der Waals surface area contributed by atoms with Gasteiger partial charge in [0, 0.05) is 12.0 Å². The number of rotatable bonds is 8. The minimum atomic E-state index is -0.898. The topological polar surface area (TPSA) is 37.3 Å². The van der Waals surface area contributed by atoms with Crippen LogP contribution >= 0.6 is 7.92 Å². The van der Waals surface area contributed by atoms with E-state index in [1.54, 1.807) is 6.08 Å². The van der Waals surface area contributed by atoms with E-state index < -0.39 is 13.9 Å². The first-order chi connectivity index (χ1) is 18.6. The highest BCUT2D eigenvalue weighted by atomic mass is 31.1. The van der Waals surface area contributed by atoms with Gasteiger partial charge in [-0.05, 0) is 59.1 Å². The average Bonchev–Trinajstić information content (AvgIpc) is 2.95. The van der Waals surface area contributed by atoms with Crippen molar-refractivity contribution in [1.82, 2.24) is 0 Å². The van der Waals surface area contributed by atoms with E-state index >= 15 is 0 Å². The molecule has 5 aromatic rings. The van der Waals surface area contributed by atoms with Gasteiger partial charge in [0.2, 0.25) is 0 Å². The Hall–Kier alpha value is -4.26. The van der Waals surface area contributed by atoms with Crippen molar-refractivity contribution in [2.45, 2.75) is 13.3 Å². The first-order valence-electron chi connectivity index (χ1n) is 12.7. The Bertz CT molecular complexity index is 1520. The fraction of sp³-hybridized carbons (Fsp3) is 0.0571. The predicted molar refractivity (Wildman–Crippen MR) is 161 cm³/mol. The van der Waals surface area contributed by atoms with Gasteiger partial charge in [0.25, 0.3) is 0 Å². The van der Waals surface area contributed by atoms with Gasteiger partial charge in [-0.25, -0.2) is 4.79 Å². The minimum absolute atomic E-state index is 0.337. The van der Waals surface area contributed by atoms with Gasteiger partial charge >= 0.3 is 5.97 Å². The molecular formula is C35H29O2P. The lowest BCUT2D eigenvalue weighted by molar-refractivity contribution is -0.132. The van der Waals surface area contributed by atoms with E-state index in [-0.39, 0.29) is 0 Å². The summed E-state index contributed by atoms with van der Waals surface area (Å²) in [5.41, 5.74) is 5.60. The van der Waals surface area contributed by atoms with Crippen LogP contribution in [0, 0.1) is 6.92 Å². The van der Waals surface area contributed by atoms with E-state index in [0.717, 1.165) is 27.8 Å². The third kappa shape index (κ3) is 5.83. The molecule has 5 rings (SSSR count). The number of carbonyl (C=O) groups is 1. The summed E-state index contributed by atoms with van der Waals surface area (Å²) < 4.78 is 0. The van der Waals surface area contributed by atoms with Crippen LogP contribution in [0.15, 0.2) is 139 Å². The number of carboxylic acids is 1. The molecule has 0 bridgehead atoms. The Balaban J connectivity index is 1.65. The number of carboxylic acid groups (broad SMARTS) is 1. The average molecular weight is 513 g/mol. The van der Waals surface area contributed by atoms with Crippen molar-refractivity contribution in [1.29, 1.82) is 0 Å². The van der Waals surface area contributed by atoms with Gasteiger partial charge < -0.3 is 5.11 Å². The largest absolute Gasteiger partial charge is 0.478 e. The molecule has 2 nitrogen and oxygen atoms in total. The zero-order valence-corrected chi connectivity index (χ0v) is 22.2. The molecule has 5 aromatic carbocycles. The first kappa shape index (κ1) is 25.4. The van der Waals surface area contributed by atoms with Gasteiger partial charge in [-0.3, -0.25) is 0 Å². The Morgan fingerprint density at radius 1 is 0.684 bits per heavy atom. The SMILES string of the molecule is Cc1ccc(-c2ccccc2P(c2ccccc2)c2ccccc2)c(C/C(=C\c2ccccc2)C(=O)O)c1. The summed E-state index contributed by atoms with van der Waals surface area (Å²) in [6.45, 7) is 2.06. The molecule has 0 spiro atoms. The molecule has 0 unspecified atom stereocenters. The highest BCUT2D eigenvalue weighted by Crippen LogP contribution is 2.38. The van der Waals surface area contributed by atoms with E-state index in [1.165, 1.54) is 15.9 Å². The monoisotopic (exact) mass is 512 g/mol. The molecule has 0 saturated carbocycles. The number of hydrogen-bond donors (Lipinski definition) is 1. The normalized spacial score (nSPS) is 11.5. The van der Waals surface area contributed by atoms with Crippen molar-refractivity contribution in [2.24, 2.45) is 0 Å². The van der Waals surface area contributed by atoms with Crippen LogP contribution in [0.3, 0.4) is 0 Å². The summed E-state index contributed by atoms with van der Waals surface area (Å²) in [6.07, 6.45) is 2.12. The summed E-state index contributed by atoms with van der Waals surface area (Å²) in [5.74, 6) is -0.898. The molecule has 0 fully saturated rings. The van der Waals surface area contributed by atoms with Crippen molar-refractivity contribution in [3.8, 4) is 11.1 Å². The van der Waals surface area contributed by atoms with Crippen LogP contribution in [0.1, 0.15) is 16.7 Å². The van der Waals surface area contributed by atoms with E-state index in [9.17, 15) is 9.90 Å². The van der Waals surface area contributed by atoms with Crippen molar-refractivity contribution in [3.05, 3.63) is 156 Å². The van der Waals surface area contributed by atoms with E-state index in [0.29, 0.717) is 12.0 Å². The second kappa shape index (κ2) is 11.9. The molecular weight excluding hydrogens is 483 g/mol. The third-order valence-corrected chi connectivity index (χ3v) is 9.02. The Morgan fingerprint density at radius 2 is 1.24 bits per heavy atom. The highest BCUT2D eigenvalue weighted by molar-refractivity contribution is 7.80. The number of hydrogen-bond acceptors (Lipinski definition) is 1. The molecule has 0 aliphatic rings. The van der Waals surface area contributed by atoms with Crippen LogP contribution in [0.2, 0.25) is 0 Å². The van der Waals surface area contributed by atoms with Gasteiger partial charge in [-0.15, -0.1) is 0 Å². The van der Waals surface area contributed by atoms with Crippen molar-refractivity contribution in [2.75, 3.05) is 0 Å². The van der Waals surface area contributed by atoms with Crippen molar-refractivity contribution < 1.29 is 9.90 Å². The smallest absolute Gasteiger partial charge is 0.331 e. The van der Waals surface area contributed by atoms with Gasteiger partial charge in [-0.2, -0.15) is 0 Å². The van der Waals surface area contributed by atoms with Gasteiger partial charge in [0.15, 0.2) is 0 Å². The van der Waals surface area contributed by atoms with E-state index in [4.69, 9.17) is 0 Å². The lowest BCUT2D eigenvalue weighted by Crippen LogP contribution is -2.22. The molecule has 1 N–H and O–H groups in total. The summed E-state index contributed by atoms with van der Waals surface area (Å²) in [7, 11) is -0.814. The summed E-state index contributed by atoms with van der Waals surface area (Å²) in [6, 6.07) is 45.9. The maximum atomic E-state index is 12.3. The van der Waals surface area contributed by atoms with Crippen LogP contribution in [-0.4, -0.2) is 11.1 Å². The lowest BCUT2D eigenvalue weighted by atomic mass is 9.92. The highest BCUT2D eigenvalue weighted by Gasteiger charge is 2.22. The fourth-order valence-electron chi connectivity index (χ4n) is 4.75. The van der Waals surface area contributed by atoms with Crippen molar-refractivity contribution in [3.63, 3.8) is 0 Å². The van der Waals surface area contributed by atoms with Gasteiger partial charge in [0.1, 0.15) is 0 Å². The number of aryl methyl sites for hydroxylation is 1. The molecule has 0 aliphatic heterocycles. The first-order valence-corrected chi connectivity index (χ1v) is 14.0.